The Bertz CT molecular complexity index is 1260. The summed E-state index contributed by atoms with van der Waals surface area (Å²) in [5.74, 6) is 0.0148. The predicted molar refractivity (Wildman–Crippen MR) is 132 cm³/mol. The van der Waals surface area contributed by atoms with Gasteiger partial charge in [-0.1, -0.05) is 70.7 Å². The summed E-state index contributed by atoms with van der Waals surface area (Å²) in [6.45, 7) is 0.214. The fraction of sp³-hybridized carbons (Fsp3) is 0.0435. The van der Waals surface area contributed by atoms with Crippen LogP contribution in [-0.4, -0.2) is 11.1 Å². The van der Waals surface area contributed by atoms with Crippen molar-refractivity contribution in [1.29, 1.82) is 0 Å². The predicted octanol–water partition coefficient (Wildman–Crippen LogP) is 8.12. The number of thioether (sulfide) groups is 1. The number of halogens is 4. The van der Waals surface area contributed by atoms with Gasteiger partial charge in [0, 0.05) is 15.6 Å². The summed E-state index contributed by atoms with van der Waals surface area (Å²) in [6.07, 6.45) is 1.60. The summed E-state index contributed by atoms with van der Waals surface area (Å²) in [5.41, 5.74) is 1.77. The monoisotopic (exact) mass is 523 g/mol. The van der Waals surface area contributed by atoms with Crippen molar-refractivity contribution in [2.75, 3.05) is 4.90 Å². The average molecular weight is 525 g/mol. The van der Waals surface area contributed by atoms with Crippen LogP contribution in [0.5, 0.6) is 5.75 Å². The molecule has 0 spiro atoms. The van der Waals surface area contributed by atoms with Crippen LogP contribution in [0.25, 0.3) is 6.08 Å². The molecule has 4 rings (SSSR count). The van der Waals surface area contributed by atoms with Crippen LogP contribution < -0.4 is 9.64 Å². The van der Waals surface area contributed by atoms with E-state index in [0.29, 0.717) is 37.1 Å². The molecular weight excluding hydrogens is 512 g/mol. The molecule has 0 aromatic heterocycles. The molecule has 9 heteroatoms. The molecule has 0 aliphatic carbocycles. The molecule has 32 heavy (non-hydrogen) atoms. The van der Waals surface area contributed by atoms with Gasteiger partial charge in [-0.3, -0.25) is 9.59 Å². The van der Waals surface area contributed by atoms with Crippen molar-refractivity contribution in [3.8, 4) is 5.75 Å². The van der Waals surface area contributed by atoms with Gasteiger partial charge in [0.25, 0.3) is 11.1 Å². The lowest BCUT2D eigenvalue weighted by Crippen LogP contribution is -2.27. The number of imide groups is 1. The first-order chi connectivity index (χ1) is 15.3. The maximum atomic E-state index is 12.8. The lowest BCUT2D eigenvalue weighted by Gasteiger charge is -2.13. The van der Waals surface area contributed by atoms with Gasteiger partial charge in [0.15, 0.2) is 0 Å². The van der Waals surface area contributed by atoms with E-state index < -0.39 is 11.1 Å². The van der Waals surface area contributed by atoms with Gasteiger partial charge in [-0.05, 0) is 59.8 Å². The van der Waals surface area contributed by atoms with E-state index in [1.807, 2.05) is 0 Å². The fourth-order valence-electron chi connectivity index (χ4n) is 2.98. The van der Waals surface area contributed by atoms with Gasteiger partial charge in [-0.15, -0.1) is 0 Å². The largest absolute Gasteiger partial charge is 0.487 e. The molecule has 0 atom stereocenters. The summed E-state index contributed by atoms with van der Waals surface area (Å²) < 4.78 is 5.77. The van der Waals surface area contributed by atoms with Crippen LogP contribution in [0.15, 0.2) is 65.6 Å². The van der Waals surface area contributed by atoms with Gasteiger partial charge >= 0.3 is 0 Å². The van der Waals surface area contributed by atoms with E-state index in [2.05, 4.69) is 0 Å². The zero-order chi connectivity index (χ0) is 22.8. The van der Waals surface area contributed by atoms with Gasteiger partial charge < -0.3 is 4.74 Å². The Morgan fingerprint density at radius 3 is 2.38 bits per heavy atom. The van der Waals surface area contributed by atoms with Crippen LogP contribution >= 0.6 is 58.2 Å². The smallest absolute Gasteiger partial charge is 0.298 e. The van der Waals surface area contributed by atoms with Crippen molar-refractivity contribution >= 4 is 81.1 Å². The van der Waals surface area contributed by atoms with E-state index >= 15 is 0 Å². The summed E-state index contributed by atoms with van der Waals surface area (Å²) in [6, 6.07) is 16.9. The number of ether oxygens (including phenoxy) is 1. The molecule has 0 N–H and O–H groups in total. The van der Waals surface area contributed by atoms with Crippen molar-refractivity contribution in [3.63, 3.8) is 0 Å². The zero-order valence-corrected chi connectivity index (χ0v) is 20.0. The number of hydrogen-bond acceptors (Lipinski definition) is 4. The number of para-hydroxylation sites is 1. The number of benzene rings is 3. The summed E-state index contributed by atoms with van der Waals surface area (Å²) >= 11 is 25.4. The highest BCUT2D eigenvalue weighted by Crippen LogP contribution is 2.39. The molecule has 162 valence electrons. The fourth-order valence-corrected chi connectivity index (χ4v) is 4.74. The second-order valence-electron chi connectivity index (χ2n) is 6.68. The third-order valence-electron chi connectivity index (χ3n) is 4.54. The molecule has 1 heterocycles. The molecule has 0 saturated carbocycles. The van der Waals surface area contributed by atoms with Crippen LogP contribution in [0.3, 0.4) is 0 Å². The normalized spacial score (nSPS) is 15.0. The van der Waals surface area contributed by atoms with Crippen molar-refractivity contribution in [3.05, 3.63) is 96.8 Å². The van der Waals surface area contributed by atoms with E-state index in [0.717, 1.165) is 22.2 Å². The Morgan fingerprint density at radius 1 is 0.875 bits per heavy atom. The lowest BCUT2D eigenvalue weighted by atomic mass is 10.2. The molecular formula is C23H13Cl4NO3S. The average Bonchev–Trinajstić information content (AvgIpc) is 3.02. The van der Waals surface area contributed by atoms with Gasteiger partial charge in [-0.25, -0.2) is 4.90 Å². The second kappa shape index (κ2) is 9.77. The first kappa shape index (κ1) is 23.0. The molecule has 0 bridgehead atoms. The molecule has 4 nitrogen and oxygen atoms in total. The van der Waals surface area contributed by atoms with Gasteiger partial charge in [-0.2, -0.15) is 0 Å². The molecule has 1 saturated heterocycles. The number of carbonyl (C=O) groups is 2. The first-order valence-corrected chi connectivity index (χ1v) is 11.5. The molecule has 3 aromatic carbocycles. The Morgan fingerprint density at radius 2 is 1.66 bits per heavy atom. The lowest BCUT2D eigenvalue weighted by molar-refractivity contribution is -0.113. The number of hydrogen-bond donors (Lipinski definition) is 0. The van der Waals surface area contributed by atoms with Crippen LogP contribution in [0.2, 0.25) is 20.1 Å². The molecule has 3 aromatic rings. The molecule has 2 amide bonds. The Labute approximate surface area is 208 Å². The van der Waals surface area contributed by atoms with Crippen LogP contribution in [-0.2, 0) is 11.4 Å². The zero-order valence-electron chi connectivity index (χ0n) is 16.2. The van der Waals surface area contributed by atoms with Crippen LogP contribution in [0.4, 0.5) is 10.5 Å². The highest BCUT2D eigenvalue weighted by atomic mass is 35.5. The maximum absolute atomic E-state index is 12.8. The van der Waals surface area contributed by atoms with Crippen LogP contribution in [0, 0.1) is 0 Å². The SMILES string of the molecule is O=C1S/C(=C\c2ccc(OCc3ccc(Cl)cc3Cl)c(Cl)c2)C(=O)N1c1ccccc1Cl. The third kappa shape index (κ3) is 4.92. The van der Waals surface area contributed by atoms with Gasteiger partial charge in [0.2, 0.25) is 0 Å². The van der Waals surface area contributed by atoms with E-state index in [4.69, 9.17) is 51.1 Å². The summed E-state index contributed by atoms with van der Waals surface area (Å²) in [5, 5.41) is 1.30. The van der Waals surface area contributed by atoms with E-state index in [9.17, 15) is 9.59 Å². The maximum Gasteiger partial charge on any atom is 0.298 e. The highest BCUT2D eigenvalue weighted by Gasteiger charge is 2.37. The molecule has 0 unspecified atom stereocenters. The number of carbonyl (C=O) groups excluding carboxylic acids is 2. The van der Waals surface area contributed by atoms with E-state index in [1.54, 1.807) is 66.7 Å². The summed E-state index contributed by atoms with van der Waals surface area (Å²) in [7, 11) is 0. The first-order valence-electron chi connectivity index (χ1n) is 9.22. The van der Waals surface area contributed by atoms with Crippen molar-refractivity contribution in [2.45, 2.75) is 6.61 Å². The number of nitrogens with zero attached hydrogens (tertiary/aromatic N) is 1. The van der Waals surface area contributed by atoms with E-state index in [1.165, 1.54) is 0 Å². The minimum atomic E-state index is -0.443. The second-order valence-corrected chi connectivity index (χ2v) is 9.33. The highest BCUT2D eigenvalue weighted by molar-refractivity contribution is 8.19. The summed E-state index contributed by atoms with van der Waals surface area (Å²) in [4.78, 5) is 26.6. The Hall–Kier alpha value is -2.15. The minimum Gasteiger partial charge on any atom is -0.487 e. The molecule has 1 aliphatic rings. The quantitative estimate of drug-likeness (QED) is 0.316. The van der Waals surface area contributed by atoms with Crippen molar-refractivity contribution in [2.24, 2.45) is 0 Å². The van der Waals surface area contributed by atoms with Gasteiger partial charge in [0.05, 0.1) is 20.6 Å². The topological polar surface area (TPSA) is 46.6 Å². The van der Waals surface area contributed by atoms with Crippen molar-refractivity contribution < 1.29 is 14.3 Å². The number of anilines is 1. The molecule has 0 radical (unpaired) electrons. The number of rotatable bonds is 5. The van der Waals surface area contributed by atoms with Crippen molar-refractivity contribution in [1.82, 2.24) is 0 Å². The molecule has 1 aliphatic heterocycles. The standard InChI is InChI=1S/C23H13Cl4NO3S/c24-15-7-6-14(17(26)11-15)12-31-20-8-5-13(9-18(20)27)10-21-22(29)28(23(30)32-21)19-4-2-1-3-16(19)25/h1-11H,12H2/b21-10-. The third-order valence-corrected chi connectivity index (χ3v) is 6.61. The molecule has 1 fully saturated rings. The van der Waals surface area contributed by atoms with E-state index in [-0.39, 0.29) is 11.5 Å². The number of amides is 2. The Kier molecular flexibility index (Phi) is 7.03. The van der Waals surface area contributed by atoms with Crippen LogP contribution in [0.1, 0.15) is 11.1 Å². The minimum absolute atomic E-state index is 0.214. The van der Waals surface area contributed by atoms with Gasteiger partial charge in [0.1, 0.15) is 12.4 Å². The Balaban J connectivity index is 1.51.